The van der Waals surface area contributed by atoms with E-state index in [4.69, 9.17) is 4.43 Å². The minimum absolute atomic E-state index is 1.11. The SMILES string of the molecule is C[Si](C)(C/C=C\O[Si](C)(C)c1ccccc1)c1ccccc1. The molecule has 22 heavy (non-hydrogen) atoms. The smallest absolute Gasteiger partial charge is 0.276 e. The van der Waals surface area contributed by atoms with E-state index in [0.717, 1.165) is 6.04 Å². The molecule has 0 heterocycles. The fourth-order valence-electron chi connectivity index (χ4n) is 2.48. The molecule has 0 amide bonds. The van der Waals surface area contributed by atoms with Crippen molar-refractivity contribution in [3.63, 3.8) is 0 Å². The molecule has 116 valence electrons. The largest absolute Gasteiger partial charge is 0.545 e. The highest BCUT2D eigenvalue weighted by atomic mass is 28.4. The first-order valence-electron chi connectivity index (χ1n) is 7.86. The Balaban J connectivity index is 1.96. The van der Waals surface area contributed by atoms with Crippen LogP contribution in [0.4, 0.5) is 0 Å². The predicted octanol–water partition coefficient (Wildman–Crippen LogP) is 4.24. The average Bonchev–Trinajstić information content (AvgIpc) is 2.53. The Bertz CT molecular complexity index is 548. The third kappa shape index (κ3) is 4.45. The zero-order chi connectivity index (χ0) is 16.1. The molecule has 0 saturated carbocycles. The van der Waals surface area contributed by atoms with E-state index in [2.05, 4.69) is 92.9 Å². The van der Waals surface area contributed by atoms with Gasteiger partial charge in [0.15, 0.2) is 0 Å². The van der Waals surface area contributed by atoms with E-state index in [1.165, 1.54) is 10.4 Å². The summed E-state index contributed by atoms with van der Waals surface area (Å²) in [6.45, 7) is 9.30. The van der Waals surface area contributed by atoms with Gasteiger partial charge in [0.05, 0.1) is 14.3 Å². The topological polar surface area (TPSA) is 9.23 Å². The molecule has 0 saturated heterocycles. The van der Waals surface area contributed by atoms with Crippen molar-refractivity contribution in [3.05, 3.63) is 73.0 Å². The Morgan fingerprint density at radius 3 is 1.82 bits per heavy atom. The summed E-state index contributed by atoms with van der Waals surface area (Å²) < 4.78 is 6.13. The molecule has 0 spiro atoms. The van der Waals surface area contributed by atoms with E-state index < -0.39 is 16.4 Å². The van der Waals surface area contributed by atoms with Crippen molar-refractivity contribution in [3.8, 4) is 0 Å². The fraction of sp³-hybridized carbons (Fsp3) is 0.263. The fourth-order valence-corrected chi connectivity index (χ4v) is 6.06. The van der Waals surface area contributed by atoms with E-state index in [1.54, 1.807) is 0 Å². The van der Waals surface area contributed by atoms with Gasteiger partial charge in [0.1, 0.15) is 0 Å². The van der Waals surface area contributed by atoms with Crippen molar-refractivity contribution in [2.45, 2.75) is 32.2 Å². The zero-order valence-corrected chi connectivity index (χ0v) is 16.0. The minimum Gasteiger partial charge on any atom is -0.545 e. The van der Waals surface area contributed by atoms with Crippen LogP contribution in [0.3, 0.4) is 0 Å². The van der Waals surface area contributed by atoms with Crippen molar-refractivity contribution in [1.82, 2.24) is 0 Å². The molecule has 0 fully saturated rings. The van der Waals surface area contributed by atoms with E-state index in [9.17, 15) is 0 Å². The summed E-state index contributed by atoms with van der Waals surface area (Å²) in [4.78, 5) is 0. The van der Waals surface area contributed by atoms with Gasteiger partial charge in [-0.05, 0) is 24.3 Å². The summed E-state index contributed by atoms with van der Waals surface area (Å²) in [5.74, 6) is 0. The first-order valence-corrected chi connectivity index (χ1v) is 14.0. The van der Waals surface area contributed by atoms with Gasteiger partial charge in [-0.1, -0.05) is 85.0 Å². The molecule has 0 bridgehead atoms. The van der Waals surface area contributed by atoms with E-state index in [-0.39, 0.29) is 0 Å². The molecule has 0 unspecified atom stereocenters. The summed E-state index contributed by atoms with van der Waals surface area (Å²) in [5, 5.41) is 2.83. The van der Waals surface area contributed by atoms with E-state index in [0.29, 0.717) is 0 Å². The molecule has 0 aromatic heterocycles. The molecule has 0 aliphatic rings. The van der Waals surface area contributed by atoms with Crippen LogP contribution in [0.15, 0.2) is 73.0 Å². The summed E-state index contributed by atoms with van der Waals surface area (Å²) >= 11 is 0. The molecule has 2 aromatic rings. The number of hydrogen-bond acceptors (Lipinski definition) is 1. The molecule has 2 rings (SSSR count). The van der Waals surface area contributed by atoms with Crippen LogP contribution in [-0.2, 0) is 4.43 Å². The second-order valence-electron chi connectivity index (χ2n) is 6.82. The molecule has 0 aliphatic carbocycles. The Kier molecular flexibility index (Phi) is 5.43. The first kappa shape index (κ1) is 16.8. The number of allylic oxidation sites excluding steroid dienone is 1. The molecule has 0 radical (unpaired) electrons. The Labute approximate surface area is 136 Å². The zero-order valence-electron chi connectivity index (χ0n) is 14.0. The molecular weight excluding hydrogens is 300 g/mol. The van der Waals surface area contributed by atoms with Crippen molar-refractivity contribution < 1.29 is 4.43 Å². The van der Waals surface area contributed by atoms with Gasteiger partial charge in [0.2, 0.25) is 0 Å². The molecule has 0 aliphatic heterocycles. The summed E-state index contributed by atoms with van der Waals surface area (Å²) in [5.41, 5.74) is 0. The number of rotatable bonds is 6. The predicted molar refractivity (Wildman–Crippen MR) is 102 cm³/mol. The van der Waals surface area contributed by atoms with Crippen LogP contribution < -0.4 is 10.4 Å². The third-order valence-electron chi connectivity index (χ3n) is 4.11. The molecule has 2 aromatic carbocycles. The van der Waals surface area contributed by atoms with E-state index >= 15 is 0 Å². The van der Waals surface area contributed by atoms with Crippen LogP contribution in [0.25, 0.3) is 0 Å². The Morgan fingerprint density at radius 1 is 0.773 bits per heavy atom. The molecule has 1 nitrogen and oxygen atoms in total. The average molecular weight is 327 g/mol. The number of benzene rings is 2. The van der Waals surface area contributed by atoms with Crippen molar-refractivity contribution in [2.75, 3.05) is 0 Å². The highest BCUT2D eigenvalue weighted by Gasteiger charge is 2.25. The maximum atomic E-state index is 6.13. The monoisotopic (exact) mass is 326 g/mol. The summed E-state index contributed by atoms with van der Waals surface area (Å²) in [6, 6.07) is 22.5. The van der Waals surface area contributed by atoms with Crippen LogP contribution in [-0.4, -0.2) is 16.4 Å². The lowest BCUT2D eigenvalue weighted by Gasteiger charge is -2.23. The van der Waals surface area contributed by atoms with Gasteiger partial charge in [0.25, 0.3) is 8.32 Å². The quantitative estimate of drug-likeness (QED) is 0.570. The van der Waals surface area contributed by atoms with Crippen molar-refractivity contribution in [1.29, 1.82) is 0 Å². The second-order valence-corrected chi connectivity index (χ2v) is 15.4. The van der Waals surface area contributed by atoms with Crippen LogP contribution >= 0.6 is 0 Å². The highest BCUT2D eigenvalue weighted by Crippen LogP contribution is 2.12. The maximum absolute atomic E-state index is 6.13. The second kappa shape index (κ2) is 7.12. The Hall–Kier alpha value is -1.59. The lowest BCUT2D eigenvalue weighted by atomic mass is 10.4. The van der Waals surface area contributed by atoms with Gasteiger partial charge >= 0.3 is 0 Å². The summed E-state index contributed by atoms with van der Waals surface area (Å²) in [7, 11) is -3.23. The van der Waals surface area contributed by atoms with Crippen LogP contribution in [0.2, 0.25) is 32.2 Å². The standard InChI is InChI=1S/C19H26OSi2/c1-21(2,18-12-7-5-8-13-18)17-11-16-20-22(3,4)19-14-9-6-10-15-19/h5-16H,17H2,1-4H3/b16-11-. The van der Waals surface area contributed by atoms with Crippen LogP contribution in [0.5, 0.6) is 0 Å². The van der Waals surface area contributed by atoms with Gasteiger partial charge in [-0.25, -0.2) is 0 Å². The van der Waals surface area contributed by atoms with Gasteiger partial charge in [-0.15, -0.1) is 0 Å². The van der Waals surface area contributed by atoms with Gasteiger partial charge < -0.3 is 4.43 Å². The molecule has 0 N–H and O–H groups in total. The normalized spacial score (nSPS) is 12.5. The van der Waals surface area contributed by atoms with Gasteiger partial charge in [-0.3, -0.25) is 0 Å². The molecular formula is C19H26OSi2. The molecule has 0 atom stereocenters. The third-order valence-corrected chi connectivity index (χ3v) is 9.71. The van der Waals surface area contributed by atoms with Crippen LogP contribution in [0.1, 0.15) is 0 Å². The first-order chi connectivity index (χ1) is 10.4. The number of hydrogen-bond donors (Lipinski definition) is 0. The van der Waals surface area contributed by atoms with Crippen molar-refractivity contribution in [2.24, 2.45) is 0 Å². The highest BCUT2D eigenvalue weighted by molar-refractivity contribution is 6.90. The van der Waals surface area contributed by atoms with Crippen LogP contribution in [0, 0.1) is 0 Å². The van der Waals surface area contributed by atoms with Crippen molar-refractivity contribution >= 4 is 26.8 Å². The summed E-state index contributed by atoms with van der Waals surface area (Å²) in [6.07, 6.45) is 4.16. The lowest BCUT2D eigenvalue weighted by Crippen LogP contribution is -2.43. The van der Waals surface area contributed by atoms with E-state index in [1.807, 2.05) is 6.26 Å². The maximum Gasteiger partial charge on any atom is 0.276 e. The van der Waals surface area contributed by atoms with Gasteiger partial charge in [-0.2, -0.15) is 0 Å². The van der Waals surface area contributed by atoms with Gasteiger partial charge in [0, 0.05) is 0 Å². The molecule has 3 heteroatoms. The minimum atomic E-state index is -1.83. The lowest BCUT2D eigenvalue weighted by molar-refractivity contribution is 0.485. The Morgan fingerprint density at radius 2 is 1.27 bits per heavy atom.